The molecule has 54 heavy (non-hydrogen) atoms. The second kappa shape index (κ2) is 15.0. The first-order valence-corrected chi connectivity index (χ1v) is 17.7. The summed E-state index contributed by atoms with van der Waals surface area (Å²) in [4.78, 5) is 13.8. The summed E-state index contributed by atoms with van der Waals surface area (Å²) in [5.74, 6) is 0. The van der Waals surface area contributed by atoms with Gasteiger partial charge in [-0.3, -0.25) is 0 Å². The summed E-state index contributed by atoms with van der Waals surface area (Å²) in [7, 11) is 0. The molecule has 0 saturated carbocycles. The van der Waals surface area contributed by atoms with Gasteiger partial charge in [0.1, 0.15) is 11.1 Å². The van der Waals surface area contributed by atoms with Crippen LogP contribution in [0.4, 0.5) is 0 Å². The molecule has 0 aliphatic rings. The molecule has 10 rings (SSSR count). The maximum atomic E-state index is 6.55. The van der Waals surface area contributed by atoms with E-state index in [1.807, 2.05) is 67.7 Å². The molecule has 0 saturated heterocycles. The Morgan fingerprint density at radius 1 is 0.519 bits per heavy atom. The third-order valence-corrected chi connectivity index (χ3v) is 9.77. The van der Waals surface area contributed by atoms with Crippen LogP contribution >= 0.6 is 0 Å². The van der Waals surface area contributed by atoms with Gasteiger partial charge in [-0.1, -0.05) is 102 Å². The van der Waals surface area contributed by atoms with Crippen molar-refractivity contribution in [1.82, 2.24) is 15.0 Å². The number of hydrogen-bond acceptors (Lipinski definition) is 4. The standard InChI is InChI=1S/C38H25N2O.C11H8N.Ir/c1-23-11-12-26-13-18-33-32-9-6-10-34(37(32)41-38(33)36(26)40-23)35-22-29(19-20-39-35)31-17-15-28-21-27(14-16-30(28)24(31)2)25-7-4-3-5-8-25;1-2-6-10(7-3-1)11-8-4-5-9-12-11;/h3-9,11-22H,1-2H3;1-6,8-9H;/q2*-1;. The molecule has 0 N–H and O–H groups in total. The Kier molecular flexibility index (Phi) is 9.67. The largest absolute Gasteiger partial charge is 0.498 e. The molecule has 6 aromatic carbocycles. The van der Waals surface area contributed by atoms with Gasteiger partial charge in [0.15, 0.2) is 0 Å². The molecule has 4 nitrogen and oxygen atoms in total. The van der Waals surface area contributed by atoms with Gasteiger partial charge in [0.05, 0.1) is 5.58 Å². The maximum Gasteiger partial charge on any atom is 0.147 e. The summed E-state index contributed by atoms with van der Waals surface area (Å²) in [6.45, 7) is 4.21. The smallest absolute Gasteiger partial charge is 0.147 e. The third-order valence-electron chi connectivity index (χ3n) is 9.77. The Morgan fingerprint density at radius 3 is 2.13 bits per heavy atom. The minimum Gasteiger partial charge on any atom is -0.498 e. The van der Waals surface area contributed by atoms with Crippen LogP contribution < -0.4 is 0 Å². The van der Waals surface area contributed by atoms with Gasteiger partial charge in [-0.25, -0.2) is 4.98 Å². The van der Waals surface area contributed by atoms with E-state index in [2.05, 4.69) is 121 Å². The van der Waals surface area contributed by atoms with Gasteiger partial charge in [-0.2, -0.15) is 0 Å². The molecule has 0 unspecified atom stereocenters. The number of hydrogen-bond donors (Lipinski definition) is 0. The van der Waals surface area contributed by atoms with Crippen LogP contribution in [0.25, 0.3) is 88.4 Å². The van der Waals surface area contributed by atoms with E-state index in [-0.39, 0.29) is 20.1 Å². The molecule has 0 spiro atoms. The summed E-state index contributed by atoms with van der Waals surface area (Å²) >= 11 is 0. The van der Waals surface area contributed by atoms with E-state index in [4.69, 9.17) is 14.4 Å². The molecule has 0 aliphatic heterocycles. The minimum atomic E-state index is 0. The second-order valence-corrected chi connectivity index (χ2v) is 13.1. The summed E-state index contributed by atoms with van der Waals surface area (Å²) in [6.07, 6.45) is 3.67. The Hall–Kier alpha value is -6.26. The molecule has 261 valence electrons. The van der Waals surface area contributed by atoms with Crippen LogP contribution in [-0.2, 0) is 20.1 Å². The zero-order valence-electron chi connectivity index (χ0n) is 29.7. The summed E-state index contributed by atoms with van der Waals surface area (Å²) in [6, 6.07) is 58.5. The normalized spacial score (nSPS) is 11.0. The topological polar surface area (TPSA) is 51.8 Å². The molecule has 0 bridgehead atoms. The number of aromatic nitrogens is 3. The number of rotatable bonds is 4. The number of benzene rings is 6. The number of nitrogens with zero attached hydrogens (tertiary/aromatic N) is 3. The van der Waals surface area contributed by atoms with Crippen LogP contribution in [0.1, 0.15) is 11.3 Å². The van der Waals surface area contributed by atoms with Gasteiger partial charge in [0.25, 0.3) is 0 Å². The van der Waals surface area contributed by atoms with E-state index in [9.17, 15) is 0 Å². The average molecular weight is 872 g/mol. The molecule has 0 atom stereocenters. The van der Waals surface area contributed by atoms with Crippen molar-refractivity contribution in [1.29, 1.82) is 0 Å². The fraction of sp³-hybridized carbons (Fsp3) is 0.0408. The number of pyridine rings is 3. The van der Waals surface area contributed by atoms with Crippen molar-refractivity contribution in [3.8, 4) is 44.8 Å². The molecule has 0 amide bonds. The number of fused-ring (bicyclic) bond motifs is 6. The quantitative estimate of drug-likeness (QED) is 0.165. The van der Waals surface area contributed by atoms with E-state index >= 15 is 0 Å². The van der Waals surface area contributed by atoms with Crippen LogP contribution in [0, 0.1) is 26.0 Å². The molecule has 0 aliphatic carbocycles. The van der Waals surface area contributed by atoms with E-state index in [1.165, 1.54) is 33.0 Å². The van der Waals surface area contributed by atoms with Crippen molar-refractivity contribution >= 4 is 43.6 Å². The van der Waals surface area contributed by atoms with Crippen molar-refractivity contribution in [3.05, 3.63) is 187 Å². The van der Waals surface area contributed by atoms with Gasteiger partial charge in [-0.05, 0) is 88.1 Å². The van der Waals surface area contributed by atoms with Crippen molar-refractivity contribution in [2.45, 2.75) is 13.8 Å². The Bertz CT molecular complexity index is 2870. The molecule has 4 heterocycles. The molecule has 1 radical (unpaired) electrons. The van der Waals surface area contributed by atoms with Gasteiger partial charge >= 0.3 is 0 Å². The summed E-state index contributed by atoms with van der Waals surface area (Å²) < 4.78 is 6.55. The Balaban J connectivity index is 0.000000271. The molecular formula is C49H33IrN3O-2. The van der Waals surface area contributed by atoms with Crippen LogP contribution in [-0.4, -0.2) is 15.0 Å². The predicted molar refractivity (Wildman–Crippen MR) is 217 cm³/mol. The third kappa shape index (κ3) is 6.60. The second-order valence-electron chi connectivity index (χ2n) is 13.1. The maximum absolute atomic E-state index is 6.55. The number of furan rings is 1. The van der Waals surface area contributed by atoms with Crippen molar-refractivity contribution in [2.24, 2.45) is 0 Å². The Labute approximate surface area is 327 Å². The van der Waals surface area contributed by atoms with Gasteiger partial charge in [0.2, 0.25) is 0 Å². The molecule has 10 aromatic rings. The molecule has 4 aromatic heterocycles. The minimum absolute atomic E-state index is 0. The Morgan fingerprint density at radius 2 is 1.30 bits per heavy atom. The molecule has 0 fully saturated rings. The first kappa shape index (κ1) is 34.8. The van der Waals surface area contributed by atoms with Gasteiger partial charge < -0.3 is 14.4 Å². The van der Waals surface area contributed by atoms with Crippen LogP contribution in [0.15, 0.2) is 168 Å². The molecule has 5 heteroatoms. The van der Waals surface area contributed by atoms with Gasteiger partial charge in [0, 0.05) is 49.0 Å². The fourth-order valence-electron chi connectivity index (χ4n) is 7.09. The zero-order valence-corrected chi connectivity index (χ0v) is 32.1. The van der Waals surface area contributed by atoms with Gasteiger partial charge in [-0.15, -0.1) is 54.1 Å². The predicted octanol–water partition coefficient (Wildman–Crippen LogP) is 12.6. The van der Waals surface area contributed by atoms with E-state index in [1.54, 1.807) is 6.20 Å². The number of aryl methyl sites for hydroxylation is 2. The zero-order chi connectivity index (χ0) is 35.7. The first-order chi connectivity index (χ1) is 26.1. The van der Waals surface area contributed by atoms with Crippen molar-refractivity contribution in [2.75, 3.05) is 0 Å². The summed E-state index contributed by atoms with van der Waals surface area (Å²) in [5.41, 5.74) is 13.1. The summed E-state index contributed by atoms with van der Waals surface area (Å²) in [5, 5.41) is 5.65. The van der Waals surface area contributed by atoms with Crippen LogP contribution in [0.2, 0.25) is 0 Å². The van der Waals surface area contributed by atoms with Crippen LogP contribution in [0.5, 0.6) is 0 Å². The van der Waals surface area contributed by atoms with Crippen LogP contribution in [0.3, 0.4) is 0 Å². The molecular weight excluding hydrogens is 839 g/mol. The fourth-order valence-corrected chi connectivity index (χ4v) is 7.09. The van der Waals surface area contributed by atoms with E-state index < -0.39 is 0 Å². The monoisotopic (exact) mass is 872 g/mol. The first-order valence-electron chi connectivity index (χ1n) is 17.7. The van der Waals surface area contributed by atoms with E-state index in [0.29, 0.717) is 0 Å². The van der Waals surface area contributed by atoms with Crippen molar-refractivity contribution < 1.29 is 24.5 Å². The average Bonchev–Trinajstić information content (AvgIpc) is 3.62. The van der Waals surface area contributed by atoms with Crippen molar-refractivity contribution in [3.63, 3.8) is 0 Å². The SMILES string of the molecule is Cc1ccc2ccc3c4cc[c-]c(-c5cc(-c6ccc7cc(-c8ccccc8)ccc7c6C)ccn5)c4oc3c2n1.[Ir].[c-]1ccccc1-c1ccccn1. The van der Waals surface area contributed by atoms with E-state index in [0.717, 1.165) is 66.6 Å².